The minimum absolute atomic E-state index is 0.0693. The summed E-state index contributed by atoms with van der Waals surface area (Å²) in [5.41, 5.74) is 2.71. The van der Waals surface area contributed by atoms with Gasteiger partial charge < -0.3 is 15.5 Å². The van der Waals surface area contributed by atoms with Crippen molar-refractivity contribution in [3.63, 3.8) is 0 Å². The Kier molecular flexibility index (Phi) is 4.79. The predicted octanol–water partition coefficient (Wildman–Crippen LogP) is 3.18. The lowest BCUT2D eigenvalue weighted by Crippen LogP contribution is -2.43. The van der Waals surface area contributed by atoms with Crippen molar-refractivity contribution in [3.8, 4) is 0 Å². The molecule has 0 saturated carbocycles. The Labute approximate surface area is 141 Å². The monoisotopic (exact) mass is 323 g/mol. The van der Waals surface area contributed by atoms with E-state index in [2.05, 4.69) is 10.6 Å². The van der Waals surface area contributed by atoms with E-state index in [1.807, 2.05) is 61.5 Å². The van der Waals surface area contributed by atoms with E-state index < -0.39 is 6.04 Å². The fraction of sp³-hybridized carbons (Fsp3) is 0.263. The molecule has 0 spiro atoms. The molecule has 1 aliphatic rings. The van der Waals surface area contributed by atoms with Gasteiger partial charge in [-0.05, 0) is 36.6 Å². The van der Waals surface area contributed by atoms with Crippen molar-refractivity contribution in [2.75, 3.05) is 16.8 Å². The molecule has 0 bridgehead atoms. The van der Waals surface area contributed by atoms with E-state index in [-0.39, 0.29) is 11.9 Å². The second kappa shape index (κ2) is 7.17. The first-order valence-electron chi connectivity index (χ1n) is 8.21. The van der Waals surface area contributed by atoms with Gasteiger partial charge in [-0.25, -0.2) is 4.79 Å². The summed E-state index contributed by atoms with van der Waals surface area (Å²) in [6.07, 6.45) is 1.44. The van der Waals surface area contributed by atoms with Crippen LogP contribution in [0.2, 0.25) is 0 Å². The highest BCUT2D eigenvalue weighted by molar-refractivity contribution is 6.02. The molecule has 2 aromatic carbocycles. The third-order valence-electron chi connectivity index (χ3n) is 4.23. The van der Waals surface area contributed by atoms with Gasteiger partial charge in [0.05, 0.1) is 0 Å². The smallest absolute Gasteiger partial charge is 0.319 e. The number of hydrogen-bond acceptors (Lipinski definition) is 2. The first-order valence-corrected chi connectivity index (χ1v) is 8.21. The standard InChI is InChI=1S/C19H21N3O2/c1-2-14-8-6-7-11-16(14)20-19(24)21-17-12-13-22(18(17)23)15-9-4-3-5-10-15/h3-11,17H,2,12-13H2,1H3,(H2,20,21,24)/t17-/m1/s1. The second-order valence-electron chi connectivity index (χ2n) is 5.78. The van der Waals surface area contributed by atoms with Gasteiger partial charge in [0.15, 0.2) is 0 Å². The van der Waals surface area contributed by atoms with Crippen LogP contribution in [0.5, 0.6) is 0 Å². The molecule has 124 valence electrons. The van der Waals surface area contributed by atoms with Crippen LogP contribution in [0.1, 0.15) is 18.9 Å². The zero-order valence-corrected chi connectivity index (χ0v) is 13.7. The SMILES string of the molecule is CCc1ccccc1NC(=O)N[C@@H]1CCN(c2ccccc2)C1=O. The topological polar surface area (TPSA) is 61.4 Å². The van der Waals surface area contributed by atoms with Gasteiger partial charge in [0, 0.05) is 17.9 Å². The first-order chi connectivity index (χ1) is 11.7. The predicted molar refractivity (Wildman–Crippen MR) is 95.2 cm³/mol. The number of amides is 3. The van der Waals surface area contributed by atoms with Crippen molar-refractivity contribution < 1.29 is 9.59 Å². The Balaban J connectivity index is 1.62. The summed E-state index contributed by atoms with van der Waals surface area (Å²) in [5.74, 6) is -0.0693. The van der Waals surface area contributed by atoms with E-state index in [9.17, 15) is 9.59 Å². The highest BCUT2D eigenvalue weighted by Gasteiger charge is 2.33. The van der Waals surface area contributed by atoms with Crippen LogP contribution in [-0.4, -0.2) is 24.5 Å². The molecule has 0 aliphatic carbocycles. The molecular weight excluding hydrogens is 302 g/mol. The highest BCUT2D eigenvalue weighted by Crippen LogP contribution is 2.21. The van der Waals surface area contributed by atoms with Gasteiger partial charge >= 0.3 is 6.03 Å². The van der Waals surface area contributed by atoms with E-state index in [0.717, 1.165) is 23.4 Å². The first kappa shape index (κ1) is 16.1. The van der Waals surface area contributed by atoms with E-state index >= 15 is 0 Å². The maximum atomic E-state index is 12.5. The quantitative estimate of drug-likeness (QED) is 0.908. The average molecular weight is 323 g/mol. The molecule has 24 heavy (non-hydrogen) atoms. The number of anilines is 2. The molecule has 3 rings (SSSR count). The summed E-state index contributed by atoms with van der Waals surface area (Å²) in [5, 5.41) is 5.63. The Morgan fingerprint density at radius 2 is 1.83 bits per heavy atom. The zero-order valence-electron chi connectivity index (χ0n) is 13.7. The maximum Gasteiger partial charge on any atom is 0.319 e. The van der Waals surface area contributed by atoms with Crippen LogP contribution in [0.3, 0.4) is 0 Å². The molecule has 5 heteroatoms. The number of carbonyl (C=O) groups excluding carboxylic acids is 2. The lowest BCUT2D eigenvalue weighted by Gasteiger charge is -2.17. The molecule has 0 aromatic heterocycles. The molecule has 1 fully saturated rings. The van der Waals surface area contributed by atoms with Gasteiger partial charge in [0.2, 0.25) is 5.91 Å². The normalized spacial score (nSPS) is 17.0. The summed E-state index contributed by atoms with van der Waals surface area (Å²) >= 11 is 0. The highest BCUT2D eigenvalue weighted by atomic mass is 16.2. The minimum atomic E-state index is -0.487. The van der Waals surface area contributed by atoms with Crippen LogP contribution in [0, 0.1) is 0 Å². The van der Waals surface area contributed by atoms with Crippen molar-refractivity contribution in [2.24, 2.45) is 0 Å². The third-order valence-corrected chi connectivity index (χ3v) is 4.23. The molecule has 2 aromatic rings. The number of carbonyl (C=O) groups is 2. The van der Waals surface area contributed by atoms with E-state index in [4.69, 9.17) is 0 Å². The van der Waals surface area contributed by atoms with Crippen molar-refractivity contribution >= 4 is 23.3 Å². The summed E-state index contributed by atoms with van der Waals surface area (Å²) in [4.78, 5) is 26.4. The number of nitrogens with zero attached hydrogens (tertiary/aromatic N) is 1. The molecule has 0 unspecified atom stereocenters. The fourth-order valence-electron chi connectivity index (χ4n) is 2.95. The van der Waals surface area contributed by atoms with Crippen LogP contribution in [0.15, 0.2) is 54.6 Å². The Morgan fingerprint density at radius 1 is 1.12 bits per heavy atom. The molecule has 3 amide bonds. The van der Waals surface area contributed by atoms with Crippen LogP contribution in [-0.2, 0) is 11.2 Å². The number of aryl methyl sites for hydroxylation is 1. The molecule has 5 nitrogen and oxygen atoms in total. The fourth-order valence-corrected chi connectivity index (χ4v) is 2.95. The number of para-hydroxylation sites is 2. The van der Waals surface area contributed by atoms with Crippen molar-refractivity contribution in [3.05, 3.63) is 60.2 Å². The molecule has 1 saturated heterocycles. The van der Waals surface area contributed by atoms with Gasteiger partial charge in [-0.15, -0.1) is 0 Å². The van der Waals surface area contributed by atoms with E-state index in [0.29, 0.717) is 13.0 Å². The summed E-state index contributed by atoms with van der Waals surface area (Å²) < 4.78 is 0. The van der Waals surface area contributed by atoms with Crippen molar-refractivity contribution in [1.29, 1.82) is 0 Å². The van der Waals surface area contributed by atoms with Gasteiger partial charge in [-0.1, -0.05) is 43.3 Å². The van der Waals surface area contributed by atoms with Crippen LogP contribution in [0.25, 0.3) is 0 Å². The Bertz CT molecular complexity index is 730. The zero-order chi connectivity index (χ0) is 16.9. The summed E-state index contributed by atoms with van der Waals surface area (Å²) in [6.45, 7) is 2.65. The third kappa shape index (κ3) is 3.40. The molecule has 1 heterocycles. The number of urea groups is 1. The van der Waals surface area contributed by atoms with Crippen molar-refractivity contribution in [2.45, 2.75) is 25.8 Å². The second-order valence-corrected chi connectivity index (χ2v) is 5.78. The number of rotatable bonds is 4. The number of nitrogens with one attached hydrogen (secondary N) is 2. The molecular formula is C19H21N3O2. The van der Waals surface area contributed by atoms with Crippen LogP contribution < -0.4 is 15.5 Å². The van der Waals surface area contributed by atoms with Gasteiger partial charge in [-0.3, -0.25) is 4.79 Å². The van der Waals surface area contributed by atoms with Crippen molar-refractivity contribution in [1.82, 2.24) is 5.32 Å². The lowest BCUT2D eigenvalue weighted by molar-refractivity contribution is -0.118. The van der Waals surface area contributed by atoms with E-state index in [1.54, 1.807) is 4.90 Å². The summed E-state index contributed by atoms with van der Waals surface area (Å²) in [6, 6.07) is 16.4. The van der Waals surface area contributed by atoms with Crippen LogP contribution >= 0.6 is 0 Å². The Morgan fingerprint density at radius 3 is 2.58 bits per heavy atom. The molecule has 1 aliphatic heterocycles. The summed E-state index contributed by atoms with van der Waals surface area (Å²) in [7, 11) is 0. The average Bonchev–Trinajstić information content (AvgIpc) is 2.97. The maximum absolute atomic E-state index is 12.5. The molecule has 2 N–H and O–H groups in total. The number of benzene rings is 2. The molecule has 1 atom stereocenters. The number of hydrogen-bond donors (Lipinski definition) is 2. The molecule has 0 radical (unpaired) electrons. The van der Waals surface area contributed by atoms with Crippen LogP contribution in [0.4, 0.5) is 16.2 Å². The van der Waals surface area contributed by atoms with E-state index in [1.165, 1.54) is 0 Å². The minimum Gasteiger partial charge on any atom is -0.326 e. The largest absolute Gasteiger partial charge is 0.326 e. The lowest BCUT2D eigenvalue weighted by atomic mass is 10.1. The Hall–Kier alpha value is -2.82. The van der Waals surface area contributed by atoms with Gasteiger partial charge in [0.25, 0.3) is 0 Å². The van der Waals surface area contributed by atoms with Gasteiger partial charge in [0.1, 0.15) is 6.04 Å². The van der Waals surface area contributed by atoms with Gasteiger partial charge in [-0.2, -0.15) is 0 Å².